The molecular formula is C32H39F4N5O4. The average Bonchev–Trinajstić information content (AvgIpc) is 3.49. The molecule has 3 saturated carbocycles. The van der Waals surface area contributed by atoms with E-state index >= 15 is 0 Å². The fourth-order valence-electron chi connectivity index (χ4n) is 6.02. The second-order valence-corrected chi connectivity index (χ2v) is 13.6. The number of alkyl halides is 4. The number of aromatic nitrogens is 4. The van der Waals surface area contributed by atoms with E-state index in [0.29, 0.717) is 61.4 Å². The number of rotatable bonds is 9. The van der Waals surface area contributed by atoms with Gasteiger partial charge in [-0.25, -0.2) is 24.1 Å². The Kier molecular flexibility index (Phi) is 8.37. The maximum atomic E-state index is 14.4. The number of hydrogen-bond donors (Lipinski definition) is 0. The quantitative estimate of drug-likeness (QED) is 0.218. The minimum Gasteiger partial charge on any atom is -0.491 e. The Bertz CT molecular complexity index is 1490. The van der Waals surface area contributed by atoms with Crippen molar-refractivity contribution >= 4 is 12.0 Å². The van der Waals surface area contributed by atoms with Gasteiger partial charge in [-0.3, -0.25) is 0 Å². The van der Waals surface area contributed by atoms with E-state index in [1.807, 2.05) is 26.0 Å². The Morgan fingerprint density at radius 1 is 0.956 bits per heavy atom. The Morgan fingerprint density at radius 2 is 1.58 bits per heavy atom. The lowest BCUT2D eigenvalue weighted by Gasteiger charge is -2.53. The van der Waals surface area contributed by atoms with Crippen molar-refractivity contribution in [1.29, 1.82) is 0 Å². The number of benzene rings is 1. The van der Waals surface area contributed by atoms with Crippen molar-refractivity contribution in [3.05, 3.63) is 48.2 Å². The fraction of sp³-hybridized carbons (Fsp3) is 0.594. The molecule has 0 radical (unpaired) electrons. The molecule has 0 aliphatic heterocycles. The molecule has 2 heterocycles. The van der Waals surface area contributed by atoms with Crippen LogP contribution in [0, 0.1) is 5.41 Å². The largest absolute Gasteiger partial charge is 0.491 e. The normalized spacial score (nSPS) is 22.0. The molecular weight excluding hydrogens is 594 g/mol. The summed E-state index contributed by atoms with van der Waals surface area (Å²) in [7, 11) is 0. The van der Waals surface area contributed by atoms with Gasteiger partial charge in [-0.2, -0.15) is 18.2 Å². The summed E-state index contributed by atoms with van der Waals surface area (Å²) >= 11 is 0. The number of nitrogens with zero attached hydrogens (tertiary/aromatic N) is 5. The Labute approximate surface area is 259 Å². The van der Waals surface area contributed by atoms with Crippen molar-refractivity contribution in [3.63, 3.8) is 0 Å². The Balaban J connectivity index is 1.42. The lowest BCUT2D eigenvalue weighted by molar-refractivity contribution is -0.243. The highest BCUT2D eigenvalue weighted by Crippen LogP contribution is 2.57. The third kappa shape index (κ3) is 6.76. The van der Waals surface area contributed by atoms with E-state index in [1.54, 1.807) is 18.2 Å². The zero-order valence-corrected chi connectivity index (χ0v) is 26.4. The molecule has 45 heavy (non-hydrogen) atoms. The summed E-state index contributed by atoms with van der Waals surface area (Å²) in [5.41, 5.74) is -4.12. The van der Waals surface area contributed by atoms with Gasteiger partial charge in [0.2, 0.25) is 11.5 Å². The molecule has 3 fully saturated rings. The molecule has 0 saturated heterocycles. The van der Waals surface area contributed by atoms with Crippen LogP contribution in [0.25, 0.3) is 11.3 Å². The third-order valence-corrected chi connectivity index (χ3v) is 8.96. The molecule has 1 amide bonds. The molecule has 0 spiro atoms. The smallest absolute Gasteiger partial charge is 0.427 e. The molecule has 0 N–H and O–H groups in total. The molecule has 1 aromatic carbocycles. The van der Waals surface area contributed by atoms with E-state index in [4.69, 9.17) is 14.0 Å². The SMILES string of the molecule is CC(C)Oc1ccc(-c2ccnc(N(CC34CCC(c5noc(C(C)(C)F)n5)(CC3)CC4)C(=O)OC(C)(C)C(F)(F)F)n2)cc1. The maximum absolute atomic E-state index is 14.4. The number of hydrogen-bond acceptors (Lipinski definition) is 8. The summed E-state index contributed by atoms with van der Waals surface area (Å²) in [6.07, 6.45) is -0.627. The predicted octanol–water partition coefficient (Wildman–Crippen LogP) is 8.09. The first-order valence-corrected chi connectivity index (χ1v) is 15.1. The van der Waals surface area contributed by atoms with Gasteiger partial charge in [0.15, 0.2) is 11.5 Å². The van der Waals surface area contributed by atoms with E-state index in [0.717, 1.165) is 18.7 Å². The Morgan fingerprint density at radius 3 is 2.11 bits per heavy atom. The second-order valence-electron chi connectivity index (χ2n) is 13.6. The molecule has 13 heteroatoms. The molecule has 244 valence electrons. The predicted molar refractivity (Wildman–Crippen MR) is 157 cm³/mol. The molecule has 3 aliphatic carbocycles. The van der Waals surface area contributed by atoms with Crippen molar-refractivity contribution in [2.75, 3.05) is 11.4 Å². The molecule has 0 unspecified atom stereocenters. The highest BCUT2D eigenvalue weighted by molar-refractivity contribution is 5.86. The van der Waals surface area contributed by atoms with Gasteiger partial charge in [-0.1, -0.05) is 5.16 Å². The van der Waals surface area contributed by atoms with Crippen LogP contribution in [0.15, 0.2) is 41.1 Å². The van der Waals surface area contributed by atoms with Gasteiger partial charge in [-0.05, 0) is 116 Å². The van der Waals surface area contributed by atoms with Gasteiger partial charge < -0.3 is 14.0 Å². The summed E-state index contributed by atoms with van der Waals surface area (Å²) in [4.78, 5) is 28.0. The number of carbonyl (C=O) groups is 1. The molecule has 2 aromatic heterocycles. The van der Waals surface area contributed by atoms with E-state index in [-0.39, 0.29) is 29.9 Å². The molecule has 9 nitrogen and oxygen atoms in total. The minimum atomic E-state index is -4.79. The summed E-state index contributed by atoms with van der Waals surface area (Å²) in [5, 5.41) is 4.11. The average molecular weight is 634 g/mol. The maximum Gasteiger partial charge on any atom is 0.427 e. The number of anilines is 1. The highest BCUT2D eigenvalue weighted by Gasteiger charge is 2.55. The lowest BCUT2D eigenvalue weighted by atomic mass is 9.53. The number of ether oxygens (including phenoxy) is 2. The third-order valence-electron chi connectivity index (χ3n) is 8.96. The molecule has 0 atom stereocenters. The van der Waals surface area contributed by atoms with Crippen LogP contribution in [0.4, 0.5) is 28.3 Å². The van der Waals surface area contributed by atoms with Crippen LogP contribution in [0.5, 0.6) is 5.75 Å². The summed E-state index contributed by atoms with van der Waals surface area (Å²) < 4.78 is 71.7. The topological polar surface area (TPSA) is 103 Å². The molecule has 3 aromatic rings. The van der Waals surface area contributed by atoms with Crippen molar-refractivity contribution in [2.45, 2.75) is 109 Å². The van der Waals surface area contributed by atoms with Crippen LogP contribution >= 0.6 is 0 Å². The molecule has 6 rings (SSSR count). The number of amides is 1. The van der Waals surface area contributed by atoms with E-state index in [9.17, 15) is 22.4 Å². The number of fused-ring (bicyclic) bond motifs is 3. The van der Waals surface area contributed by atoms with Gasteiger partial charge in [0.1, 0.15) is 5.75 Å². The summed E-state index contributed by atoms with van der Waals surface area (Å²) in [5.74, 6) is 1.02. The van der Waals surface area contributed by atoms with Gasteiger partial charge in [-0.15, -0.1) is 0 Å². The number of halogens is 4. The lowest BCUT2D eigenvalue weighted by Crippen LogP contribution is -2.53. The van der Waals surface area contributed by atoms with Crippen molar-refractivity contribution in [2.24, 2.45) is 5.41 Å². The molecule has 3 aliphatic rings. The van der Waals surface area contributed by atoms with Gasteiger partial charge >= 0.3 is 12.3 Å². The summed E-state index contributed by atoms with van der Waals surface area (Å²) in [6.45, 7) is 8.25. The first kappa shape index (κ1) is 32.6. The highest BCUT2D eigenvalue weighted by atomic mass is 19.4. The van der Waals surface area contributed by atoms with Crippen LogP contribution in [0.2, 0.25) is 0 Å². The van der Waals surface area contributed by atoms with Gasteiger partial charge in [0, 0.05) is 23.7 Å². The number of carbonyl (C=O) groups excluding carboxylic acids is 1. The molecule has 2 bridgehead atoms. The standard InChI is InChI=1S/C32H39F4N5O4/c1-20(2)43-22-9-7-21(8-10-22)23-11-18-37-26(38-23)41(27(42)44-29(5,6)32(34,35)36)19-30-12-15-31(16-13-30,17-14-30)24-39-25(45-40-24)28(3,4)33/h7-11,18,20H,12-17,19H2,1-6H3. The zero-order valence-electron chi connectivity index (χ0n) is 26.4. The fourth-order valence-corrected chi connectivity index (χ4v) is 6.02. The van der Waals surface area contributed by atoms with E-state index in [1.165, 1.54) is 20.0 Å². The van der Waals surface area contributed by atoms with Crippen molar-refractivity contribution in [3.8, 4) is 17.0 Å². The first-order chi connectivity index (χ1) is 20.9. The zero-order chi connectivity index (χ0) is 32.8. The second kappa shape index (κ2) is 11.5. The van der Waals surface area contributed by atoms with Crippen molar-refractivity contribution in [1.82, 2.24) is 20.1 Å². The van der Waals surface area contributed by atoms with Crippen LogP contribution in [-0.4, -0.2) is 50.6 Å². The van der Waals surface area contributed by atoms with Crippen molar-refractivity contribution < 1.29 is 36.4 Å². The first-order valence-electron chi connectivity index (χ1n) is 15.1. The Hall–Kier alpha value is -3.77. The van der Waals surface area contributed by atoms with Crippen LogP contribution in [-0.2, 0) is 15.8 Å². The van der Waals surface area contributed by atoms with E-state index in [2.05, 4.69) is 20.1 Å². The van der Waals surface area contributed by atoms with Crippen LogP contribution in [0.1, 0.15) is 91.8 Å². The monoisotopic (exact) mass is 633 g/mol. The summed E-state index contributed by atoms with van der Waals surface area (Å²) in [6, 6.07) is 8.88. The minimum absolute atomic E-state index is 0.00176. The van der Waals surface area contributed by atoms with Gasteiger partial charge in [0.05, 0.1) is 11.8 Å². The van der Waals surface area contributed by atoms with Crippen LogP contribution in [0.3, 0.4) is 0 Å². The van der Waals surface area contributed by atoms with Crippen LogP contribution < -0.4 is 9.64 Å². The van der Waals surface area contributed by atoms with Gasteiger partial charge in [0.25, 0.3) is 5.89 Å². The van der Waals surface area contributed by atoms with E-state index < -0.39 is 29.0 Å².